The minimum absolute atomic E-state index is 0.00233. The van der Waals surface area contributed by atoms with E-state index in [-0.39, 0.29) is 113 Å². The molecule has 9 rings (SSSR count). The zero-order valence-corrected chi connectivity index (χ0v) is 80.8. The topological polar surface area (TPSA) is 519 Å². The summed E-state index contributed by atoms with van der Waals surface area (Å²) >= 11 is 0.859. The number of aromatic nitrogens is 2. The summed E-state index contributed by atoms with van der Waals surface area (Å²) in [5.74, 6) is -16.2. The average molecular weight is 1900 g/mol. The third-order valence-corrected chi connectivity index (χ3v) is 27.0. The van der Waals surface area contributed by atoms with E-state index in [1.807, 2.05) is 64.3 Å². The van der Waals surface area contributed by atoms with Crippen LogP contribution in [0.25, 0.3) is 21.8 Å². The summed E-state index contributed by atoms with van der Waals surface area (Å²) in [6.07, 6.45) is 3.76. The van der Waals surface area contributed by atoms with E-state index in [9.17, 15) is 58.2 Å². The molecule has 0 aliphatic carbocycles. The van der Waals surface area contributed by atoms with E-state index in [1.165, 1.54) is 67.0 Å². The van der Waals surface area contributed by atoms with Gasteiger partial charge in [0, 0.05) is 125 Å². The Morgan fingerprint density at radius 1 is 0.563 bits per heavy atom. The van der Waals surface area contributed by atoms with E-state index in [2.05, 4.69) is 62.7 Å². The Bertz CT molecular complexity index is 5010. The molecule has 5 aromatic rings. The summed E-state index contributed by atoms with van der Waals surface area (Å²) in [6.45, 7) is 13.1. The molecular formula is C96H139N19O19S. The predicted octanol–water partition coefficient (Wildman–Crippen LogP) is 2.10. The summed E-state index contributed by atoms with van der Waals surface area (Å²) in [6, 6.07) is 3.62. The smallest absolute Gasteiger partial charge is 0.246 e. The number of hydrogen-bond acceptors (Lipinski definition) is 21. The zero-order valence-electron chi connectivity index (χ0n) is 79.9. The van der Waals surface area contributed by atoms with Crippen molar-refractivity contribution in [1.82, 2.24) is 92.1 Å². The number of Topliss-reactive ketones (excluding diaryl/α,β-unsaturated/α-hetero) is 1. The van der Waals surface area contributed by atoms with Gasteiger partial charge in [-0.2, -0.15) is 0 Å². The number of fused-ring (bicyclic) bond motifs is 4. The molecule has 4 fully saturated rings. The van der Waals surface area contributed by atoms with Gasteiger partial charge in [0.05, 0.1) is 37.4 Å². The normalized spacial score (nSPS) is 25.3. The number of nitrogens with two attached hydrogens (primary N) is 1. The number of aromatic hydroxyl groups is 1. The SMILES string of the molecule is CCCC[C@H]1C(=O)N(C)[C@@H](CCCC)C(=O)N[C@@H](CC(C)C)C(=O)N[C@H](C(=O)NCC(=O)N2CCC(N(C)C)CC2)CSCC(=O)N[C@@H](Cc2ccc(O)cc2)C(=O)N(C)[C@@H](C)C(=O)N[C@@H](CC(N)=O)C(=O)N2CCC[C@H]2C(=O)N[C@@H](CC)C(=O)N[C@@H](CC(C)C)C(=O)N2C[C@H](O)C[C@H]2C(=O)C[C@@H](Cc2c[nH]c3ccccc23)C(=O)NCC(=O)NC(Cc2c[nH]c3ccccc23)C(=O)N1C. The van der Waals surface area contributed by atoms with Crippen molar-refractivity contribution in [2.24, 2.45) is 23.5 Å². The summed E-state index contributed by atoms with van der Waals surface area (Å²) in [5.41, 5.74) is 8.81. The van der Waals surface area contributed by atoms with E-state index < -0.39 is 217 Å². The number of thioether (sulfide) groups is 1. The number of rotatable bonds is 23. The molecule has 738 valence electrons. The standard InChI is InChI=1S/C96H139N19O19S/c1-14-17-28-76-90(128)105-70(40-55(4)5)89(127)108-75(87(125)101-51-84(122)113-38-35-62(36-39-113)109(9)10)53-135-54-83(121)103-72(42-58-31-33-63(116)34-32-58)92(130)110(11)57(8)85(123)106-74(47-81(97)119)94(132)114-37-23-30-77(114)91(129)104-67(16-3)88(126)107-71(41-56(6)7)95(133)115-52-64(117)46-79(115)80(118)45-59(43-60-48-98-68-26-21-19-24-65(60)68)86(124)100-50-82(120)102-73(44-61-49-99-69-27-22-20-25-66(61)69)93(131)112(13)78(29-18-15-2)96(134)111(76)12/h19-22,24-27,31-34,48-49,55-57,59,62,64,67,70-79,98-99,116-117H,14-18,23,28-30,35-47,50-54H2,1-13H3,(H2,97,119)(H,100,124)(H,101,125)(H,102,120)(H,103,121)(H,104,129)(H,105,128)(H,106,123)(H,107,126)(H,108,127)/t57-,59+,64+,67-,70-,71-,72-,73?,74-,75-,76-,77-,78-,79-/m0/s1. The molecule has 4 saturated heterocycles. The number of nitrogens with zero attached hydrogens (tertiary/aromatic N) is 7. The van der Waals surface area contributed by atoms with Gasteiger partial charge in [0.15, 0.2) is 5.78 Å². The van der Waals surface area contributed by atoms with Crippen LogP contribution in [0.5, 0.6) is 5.75 Å². The fourth-order valence-electron chi connectivity index (χ4n) is 18.0. The van der Waals surface area contributed by atoms with Gasteiger partial charge in [0.25, 0.3) is 0 Å². The van der Waals surface area contributed by atoms with Crippen LogP contribution in [0, 0.1) is 17.8 Å². The summed E-state index contributed by atoms with van der Waals surface area (Å²) in [7, 11) is 8.02. The van der Waals surface area contributed by atoms with E-state index >= 15 is 33.6 Å². The first kappa shape index (κ1) is 107. The monoisotopic (exact) mass is 1890 g/mol. The molecule has 6 heterocycles. The van der Waals surface area contributed by atoms with E-state index in [4.69, 9.17) is 5.73 Å². The molecule has 0 spiro atoms. The number of primary amides is 1. The number of likely N-dealkylation sites (tertiary alicyclic amines) is 1. The summed E-state index contributed by atoms with van der Waals surface area (Å²) in [4.78, 5) is 267. The van der Waals surface area contributed by atoms with Crippen LogP contribution in [-0.4, -0.2) is 325 Å². The number of aliphatic hydroxyl groups is 1. The number of phenols is 1. The molecule has 4 aliphatic rings. The Balaban J connectivity index is 1.07. The Labute approximate surface area is 792 Å². The lowest BCUT2D eigenvalue weighted by Crippen LogP contribution is -2.60. The lowest BCUT2D eigenvalue weighted by atomic mass is 9.90. The number of hydrogen-bond donors (Lipinski definition) is 14. The minimum Gasteiger partial charge on any atom is -0.508 e. The number of ketones is 1. The predicted molar refractivity (Wildman–Crippen MR) is 507 cm³/mol. The molecule has 135 heavy (non-hydrogen) atoms. The molecule has 2 aromatic heterocycles. The van der Waals surface area contributed by atoms with Gasteiger partial charge in [0.1, 0.15) is 72.2 Å². The van der Waals surface area contributed by atoms with E-state index in [1.54, 1.807) is 64.0 Å². The molecule has 1 unspecified atom stereocenters. The highest BCUT2D eigenvalue weighted by molar-refractivity contribution is 8.00. The summed E-state index contributed by atoms with van der Waals surface area (Å²) < 4.78 is 0. The number of nitrogens with one attached hydrogen (secondary N) is 11. The van der Waals surface area contributed by atoms with Crippen LogP contribution in [0.2, 0.25) is 0 Å². The van der Waals surface area contributed by atoms with Crippen LogP contribution in [0.15, 0.2) is 85.2 Å². The molecule has 0 radical (unpaired) electrons. The molecular weight excluding hydrogens is 1760 g/mol. The van der Waals surface area contributed by atoms with E-state index in [0.29, 0.717) is 84.7 Å². The number of carbonyl (C=O) groups excluding carboxylic acids is 17. The van der Waals surface area contributed by atoms with Crippen molar-refractivity contribution in [2.75, 3.05) is 86.0 Å². The number of piperidine rings is 1. The highest BCUT2D eigenvalue weighted by atomic mass is 32.2. The maximum atomic E-state index is 15.7. The zero-order chi connectivity index (χ0) is 98.8. The number of benzene rings is 3. The highest BCUT2D eigenvalue weighted by Crippen LogP contribution is 2.30. The largest absolute Gasteiger partial charge is 0.508 e. The van der Waals surface area contributed by atoms with Crippen molar-refractivity contribution in [3.05, 3.63) is 102 Å². The molecule has 14 atom stereocenters. The van der Waals surface area contributed by atoms with Crippen molar-refractivity contribution >= 4 is 134 Å². The van der Waals surface area contributed by atoms with Gasteiger partial charge in [-0.3, -0.25) is 81.5 Å². The van der Waals surface area contributed by atoms with Crippen molar-refractivity contribution in [3.8, 4) is 5.75 Å². The lowest BCUT2D eigenvalue weighted by molar-refractivity contribution is -0.149. The maximum Gasteiger partial charge on any atom is 0.246 e. The van der Waals surface area contributed by atoms with Gasteiger partial charge in [-0.25, -0.2) is 0 Å². The second-order valence-corrected chi connectivity index (χ2v) is 38.2. The Kier molecular flexibility index (Phi) is 39.9. The number of aromatic amines is 2. The first-order valence-electron chi connectivity index (χ1n) is 47.2. The molecule has 15 N–H and O–H groups in total. The van der Waals surface area contributed by atoms with Crippen LogP contribution in [-0.2, 0) is 101 Å². The van der Waals surface area contributed by atoms with Gasteiger partial charge in [-0.15, -0.1) is 11.8 Å². The number of amides is 16. The first-order chi connectivity index (χ1) is 64.2. The molecule has 4 aliphatic heterocycles. The molecule has 38 nitrogen and oxygen atoms in total. The van der Waals surface area contributed by atoms with Gasteiger partial charge in [0.2, 0.25) is 94.5 Å². The Morgan fingerprint density at radius 3 is 1.72 bits per heavy atom. The molecule has 0 saturated carbocycles. The van der Waals surface area contributed by atoms with Gasteiger partial charge in [-0.05, 0) is 138 Å². The van der Waals surface area contributed by atoms with Crippen LogP contribution in [0.4, 0.5) is 0 Å². The average Bonchev–Trinajstić information content (AvgIpc) is 1.67. The number of likely N-dealkylation sites (N-methyl/N-ethyl adjacent to an activating group) is 3. The van der Waals surface area contributed by atoms with Gasteiger partial charge in [-0.1, -0.05) is 123 Å². The molecule has 0 bridgehead atoms. The molecule has 3 aromatic carbocycles. The number of para-hydroxylation sites is 2. The number of H-pyrrole nitrogens is 2. The van der Waals surface area contributed by atoms with Crippen molar-refractivity contribution in [2.45, 2.75) is 262 Å². The van der Waals surface area contributed by atoms with Crippen molar-refractivity contribution < 1.29 is 91.7 Å². The van der Waals surface area contributed by atoms with Crippen LogP contribution in [0.3, 0.4) is 0 Å². The Hall–Kier alpha value is -12.0. The first-order valence-corrected chi connectivity index (χ1v) is 48.3. The maximum absolute atomic E-state index is 15.7. The van der Waals surface area contributed by atoms with Crippen molar-refractivity contribution in [1.29, 1.82) is 0 Å². The third-order valence-electron chi connectivity index (χ3n) is 25.9. The van der Waals surface area contributed by atoms with Crippen LogP contribution in [0.1, 0.15) is 175 Å². The fourth-order valence-corrected chi connectivity index (χ4v) is 18.9. The number of unbranched alkanes of at least 4 members (excludes halogenated alkanes) is 2. The molecule has 16 amide bonds. The van der Waals surface area contributed by atoms with E-state index in [0.717, 1.165) is 26.9 Å². The van der Waals surface area contributed by atoms with Crippen molar-refractivity contribution in [3.63, 3.8) is 0 Å². The quantitative estimate of drug-likeness (QED) is 0.0445. The second-order valence-electron chi connectivity index (χ2n) is 37.2. The number of aliphatic hydroxyl groups excluding tert-OH is 1. The number of phenolic OH excluding ortho intramolecular Hbond substituents is 1. The number of carbonyl (C=O) groups is 17. The summed E-state index contributed by atoms with van der Waals surface area (Å²) in [5, 5.41) is 47.8. The minimum atomic E-state index is -1.72. The van der Waals surface area contributed by atoms with Gasteiger partial charge < -0.3 is 108 Å². The Morgan fingerprint density at radius 2 is 1.11 bits per heavy atom. The second kappa shape index (κ2) is 50.5. The van der Waals surface area contributed by atoms with Gasteiger partial charge >= 0.3 is 0 Å². The third kappa shape index (κ3) is 29.5. The van der Waals surface area contributed by atoms with Crippen LogP contribution >= 0.6 is 11.8 Å². The fraction of sp³-hybridized carbons (Fsp3) is 0.594. The van der Waals surface area contributed by atoms with Crippen LogP contribution < -0.4 is 53.6 Å². The highest BCUT2D eigenvalue weighted by Gasteiger charge is 2.47. The lowest BCUT2D eigenvalue weighted by Gasteiger charge is -2.36. The molecule has 39 heteroatoms.